The van der Waals surface area contributed by atoms with Gasteiger partial charge >= 0.3 is 0 Å². The van der Waals surface area contributed by atoms with E-state index in [9.17, 15) is 9.90 Å². The first kappa shape index (κ1) is 10.8. The van der Waals surface area contributed by atoms with Gasteiger partial charge in [0.25, 0.3) is 5.56 Å². The third kappa shape index (κ3) is 2.12. The first-order valence-corrected chi connectivity index (χ1v) is 5.14. The van der Waals surface area contributed by atoms with Gasteiger partial charge in [0.2, 0.25) is 0 Å². The van der Waals surface area contributed by atoms with Gasteiger partial charge in [-0.1, -0.05) is 12.1 Å². The maximum Gasteiger partial charge on any atom is 0.261 e. The summed E-state index contributed by atoms with van der Waals surface area (Å²) in [4.78, 5) is 16.2. The highest BCUT2D eigenvalue weighted by Crippen LogP contribution is 2.07. The van der Waals surface area contributed by atoms with E-state index in [1.165, 1.54) is 10.9 Å². The topological polar surface area (TPSA) is 55.1 Å². The monoisotopic (exact) mass is 218 g/mol. The molecule has 1 N–H and O–H groups in total. The summed E-state index contributed by atoms with van der Waals surface area (Å²) < 4.78 is 1.43. The Hall–Kier alpha value is -1.68. The number of rotatable bonds is 2. The third-order valence-corrected chi connectivity index (χ3v) is 2.29. The molecule has 0 aliphatic carbocycles. The minimum absolute atomic E-state index is 0.118. The van der Waals surface area contributed by atoms with E-state index >= 15 is 0 Å². The van der Waals surface area contributed by atoms with Gasteiger partial charge in [0.05, 0.1) is 29.4 Å². The average Bonchev–Trinajstić information content (AvgIpc) is 2.21. The summed E-state index contributed by atoms with van der Waals surface area (Å²) in [5, 5.41) is 10.3. The summed E-state index contributed by atoms with van der Waals surface area (Å²) in [5.74, 6) is 0. The van der Waals surface area contributed by atoms with Crippen LogP contribution in [0.5, 0.6) is 0 Å². The van der Waals surface area contributed by atoms with Gasteiger partial charge in [0.15, 0.2) is 0 Å². The predicted octanol–water partition coefficient (Wildman–Crippen LogP) is 1.17. The van der Waals surface area contributed by atoms with E-state index in [1.807, 2.05) is 6.07 Å². The summed E-state index contributed by atoms with van der Waals surface area (Å²) in [6.45, 7) is 3.56. The Morgan fingerprint density at radius 2 is 2.06 bits per heavy atom. The van der Waals surface area contributed by atoms with Crippen LogP contribution in [0.2, 0.25) is 0 Å². The second kappa shape index (κ2) is 3.72. The molecular formula is C12H14N2O2. The van der Waals surface area contributed by atoms with Gasteiger partial charge in [-0.05, 0) is 26.0 Å². The van der Waals surface area contributed by atoms with Gasteiger partial charge in [-0.2, -0.15) is 0 Å². The van der Waals surface area contributed by atoms with Crippen molar-refractivity contribution in [3.8, 4) is 0 Å². The molecule has 2 aromatic rings. The Morgan fingerprint density at radius 3 is 2.75 bits per heavy atom. The largest absolute Gasteiger partial charge is 0.389 e. The first-order chi connectivity index (χ1) is 7.47. The summed E-state index contributed by atoms with van der Waals surface area (Å²) in [7, 11) is 0. The Balaban J connectivity index is 2.57. The van der Waals surface area contributed by atoms with E-state index < -0.39 is 5.60 Å². The molecule has 1 aromatic heterocycles. The Morgan fingerprint density at radius 1 is 1.38 bits per heavy atom. The van der Waals surface area contributed by atoms with Crippen molar-refractivity contribution in [2.45, 2.75) is 26.0 Å². The minimum Gasteiger partial charge on any atom is -0.389 e. The number of benzene rings is 1. The average molecular weight is 218 g/mol. The fourth-order valence-electron chi connectivity index (χ4n) is 1.64. The molecule has 0 atom stereocenters. The Labute approximate surface area is 93.2 Å². The fraction of sp³-hybridized carbons (Fsp3) is 0.333. The van der Waals surface area contributed by atoms with Crippen LogP contribution in [-0.2, 0) is 6.54 Å². The molecule has 4 heteroatoms. The SMILES string of the molecule is CC(C)(O)Cn1cnc2ccccc2c1=O. The van der Waals surface area contributed by atoms with Gasteiger partial charge in [0, 0.05) is 0 Å². The van der Waals surface area contributed by atoms with Crippen LogP contribution in [0.3, 0.4) is 0 Å². The number of aliphatic hydroxyl groups is 1. The zero-order chi connectivity index (χ0) is 11.8. The van der Waals surface area contributed by atoms with Crippen LogP contribution in [0.15, 0.2) is 35.4 Å². The molecule has 1 heterocycles. The highest BCUT2D eigenvalue weighted by molar-refractivity contribution is 5.76. The molecule has 0 bridgehead atoms. The van der Waals surface area contributed by atoms with Crippen LogP contribution in [0.4, 0.5) is 0 Å². The Kier molecular flexibility index (Phi) is 2.52. The Bertz CT molecular complexity index is 567. The second-order valence-electron chi connectivity index (χ2n) is 4.51. The van der Waals surface area contributed by atoms with Gasteiger partial charge < -0.3 is 5.11 Å². The smallest absolute Gasteiger partial charge is 0.261 e. The van der Waals surface area contributed by atoms with Crippen molar-refractivity contribution in [2.75, 3.05) is 0 Å². The van der Waals surface area contributed by atoms with E-state index in [0.717, 1.165) is 0 Å². The standard InChI is InChI=1S/C12H14N2O2/c1-12(2,16)7-14-8-13-10-6-4-3-5-9(10)11(14)15/h3-6,8,16H,7H2,1-2H3. The highest BCUT2D eigenvalue weighted by atomic mass is 16.3. The van der Waals surface area contributed by atoms with Crippen LogP contribution in [-0.4, -0.2) is 20.3 Å². The lowest BCUT2D eigenvalue weighted by atomic mass is 10.1. The van der Waals surface area contributed by atoms with Crippen LogP contribution in [0.25, 0.3) is 10.9 Å². The molecule has 0 spiro atoms. The van der Waals surface area contributed by atoms with Gasteiger partial charge in [-0.25, -0.2) is 4.98 Å². The molecular weight excluding hydrogens is 204 g/mol. The van der Waals surface area contributed by atoms with Gasteiger partial charge in [-0.3, -0.25) is 9.36 Å². The number of nitrogens with zero attached hydrogens (tertiary/aromatic N) is 2. The van der Waals surface area contributed by atoms with Crippen LogP contribution < -0.4 is 5.56 Å². The molecule has 0 saturated carbocycles. The van der Waals surface area contributed by atoms with Crippen LogP contribution in [0, 0.1) is 0 Å². The zero-order valence-electron chi connectivity index (χ0n) is 9.34. The van der Waals surface area contributed by atoms with Crippen molar-refractivity contribution in [1.82, 2.24) is 9.55 Å². The zero-order valence-corrected chi connectivity index (χ0v) is 9.34. The molecule has 2 rings (SSSR count). The molecule has 4 nitrogen and oxygen atoms in total. The number of hydrogen-bond acceptors (Lipinski definition) is 3. The van der Waals surface area contributed by atoms with Crippen LogP contribution in [0.1, 0.15) is 13.8 Å². The summed E-state index contributed by atoms with van der Waals surface area (Å²) >= 11 is 0. The number of fused-ring (bicyclic) bond motifs is 1. The highest BCUT2D eigenvalue weighted by Gasteiger charge is 2.15. The molecule has 0 fully saturated rings. The molecule has 0 aliphatic rings. The molecule has 0 saturated heterocycles. The van der Waals surface area contributed by atoms with Crippen molar-refractivity contribution < 1.29 is 5.11 Å². The molecule has 0 unspecified atom stereocenters. The summed E-state index contributed by atoms with van der Waals surface area (Å²) in [6, 6.07) is 7.19. The van der Waals surface area contributed by atoms with E-state index in [1.54, 1.807) is 32.0 Å². The third-order valence-electron chi connectivity index (χ3n) is 2.29. The molecule has 16 heavy (non-hydrogen) atoms. The van der Waals surface area contributed by atoms with Crippen molar-refractivity contribution in [3.05, 3.63) is 40.9 Å². The number of aromatic nitrogens is 2. The molecule has 84 valence electrons. The molecule has 1 aromatic carbocycles. The maximum atomic E-state index is 12.0. The second-order valence-corrected chi connectivity index (χ2v) is 4.51. The first-order valence-electron chi connectivity index (χ1n) is 5.14. The minimum atomic E-state index is -0.923. The maximum absolute atomic E-state index is 12.0. The van der Waals surface area contributed by atoms with E-state index in [0.29, 0.717) is 10.9 Å². The lowest BCUT2D eigenvalue weighted by Crippen LogP contribution is -2.32. The van der Waals surface area contributed by atoms with Crippen molar-refractivity contribution in [2.24, 2.45) is 0 Å². The lowest BCUT2D eigenvalue weighted by Gasteiger charge is -2.18. The van der Waals surface area contributed by atoms with Gasteiger partial charge in [-0.15, -0.1) is 0 Å². The molecule has 0 amide bonds. The quantitative estimate of drug-likeness (QED) is 0.823. The van der Waals surface area contributed by atoms with Crippen LogP contribution >= 0.6 is 0 Å². The van der Waals surface area contributed by atoms with E-state index in [-0.39, 0.29) is 12.1 Å². The summed E-state index contributed by atoms with van der Waals surface area (Å²) in [5.41, 5.74) is -0.360. The lowest BCUT2D eigenvalue weighted by molar-refractivity contribution is 0.0603. The normalized spacial score (nSPS) is 11.9. The van der Waals surface area contributed by atoms with Crippen molar-refractivity contribution in [1.29, 1.82) is 0 Å². The fourth-order valence-corrected chi connectivity index (χ4v) is 1.64. The van der Waals surface area contributed by atoms with Gasteiger partial charge in [0.1, 0.15) is 0 Å². The predicted molar refractivity (Wildman–Crippen MR) is 62.3 cm³/mol. The molecule has 0 radical (unpaired) electrons. The van der Waals surface area contributed by atoms with Crippen molar-refractivity contribution >= 4 is 10.9 Å². The summed E-state index contributed by atoms with van der Waals surface area (Å²) in [6.07, 6.45) is 1.47. The van der Waals surface area contributed by atoms with Crippen molar-refractivity contribution in [3.63, 3.8) is 0 Å². The van der Waals surface area contributed by atoms with E-state index in [4.69, 9.17) is 0 Å². The van der Waals surface area contributed by atoms with E-state index in [2.05, 4.69) is 4.98 Å². The number of para-hydroxylation sites is 1. The molecule has 0 aliphatic heterocycles. The number of hydrogen-bond donors (Lipinski definition) is 1.